The normalized spacial score (nSPS) is 15.3. The third-order valence-electron chi connectivity index (χ3n) is 7.63. The van der Waals surface area contributed by atoms with Crippen molar-refractivity contribution in [1.29, 1.82) is 0 Å². The first kappa shape index (κ1) is 33.2. The molecule has 0 saturated carbocycles. The van der Waals surface area contributed by atoms with Crippen LogP contribution in [0.25, 0.3) is 0 Å². The summed E-state index contributed by atoms with van der Waals surface area (Å²) >= 11 is 0. The Bertz CT molecular complexity index is 1430. The first-order chi connectivity index (χ1) is 20.9. The maximum absolute atomic E-state index is 13.3. The Labute approximate surface area is 260 Å². The van der Waals surface area contributed by atoms with Crippen molar-refractivity contribution in [3.8, 4) is 11.8 Å². The van der Waals surface area contributed by atoms with Gasteiger partial charge in [-0.3, -0.25) is 4.99 Å². The Morgan fingerprint density at radius 3 is 2.02 bits per heavy atom. The van der Waals surface area contributed by atoms with Crippen molar-refractivity contribution >= 4 is 17.5 Å². The molecule has 11 nitrogen and oxygen atoms in total. The topological polar surface area (TPSA) is 124 Å². The van der Waals surface area contributed by atoms with Crippen molar-refractivity contribution in [1.82, 2.24) is 9.97 Å². The molecule has 1 aliphatic heterocycles. The molecule has 0 spiro atoms. The average Bonchev–Trinajstić information content (AvgIpc) is 3.51. The molecule has 0 fully saturated rings. The fourth-order valence-corrected chi connectivity index (χ4v) is 5.50. The number of nitrogens with zero attached hydrogens (tertiary/aromatic N) is 4. The summed E-state index contributed by atoms with van der Waals surface area (Å²) in [6.07, 6.45) is 0.521. The van der Waals surface area contributed by atoms with Gasteiger partial charge < -0.3 is 38.1 Å². The predicted octanol–water partition coefficient (Wildman–Crippen LogP) is 4.80. The Morgan fingerprint density at radius 1 is 0.909 bits per heavy atom. The molecule has 11 heteroatoms. The zero-order valence-electron chi connectivity index (χ0n) is 27.4. The zero-order chi connectivity index (χ0) is 32.1. The monoisotopic (exact) mass is 609 g/mol. The Kier molecular flexibility index (Phi) is 10.5. The third kappa shape index (κ3) is 7.34. The van der Waals surface area contributed by atoms with Crippen LogP contribution < -0.4 is 19.5 Å². The van der Waals surface area contributed by atoms with E-state index in [0.717, 1.165) is 16.7 Å². The second kappa shape index (κ2) is 14.0. The number of methoxy groups -OCH3 is 2. The molecule has 0 unspecified atom stereocenters. The quantitative estimate of drug-likeness (QED) is 0.135. The number of hydrogen-bond donors (Lipinski definition) is 0. The molecule has 4 rings (SSSR count). The molecule has 240 valence electrons. The minimum Gasteiger partial charge on any atom is -0.856 e. The number of aromatic nitrogens is 2. The van der Waals surface area contributed by atoms with Crippen LogP contribution in [0.1, 0.15) is 75.3 Å². The maximum Gasteiger partial charge on any atom is 0.248 e. The van der Waals surface area contributed by atoms with Gasteiger partial charge in [-0.05, 0) is 82.9 Å². The molecular formula is C33H45N4O7-. The number of furan rings is 1. The summed E-state index contributed by atoms with van der Waals surface area (Å²) in [6.45, 7) is 17.5. The van der Waals surface area contributed by atoms with Gasteiger partial charge in [0.1, 0.15) is 11.5 Å². The SMILES string of the molecule is CCOCCN(CCOCC)c1nc(OC)c(N=C([O-])c2ccc(Cc3cc4c(cc3C)C(C)(C)OC4(C)C)o2)c(OC)n1. The van der Waals surface area contributed by atoms with E-state index in [1.165, 1.54) is 19.8 Å². The number of benzene rings is 1. The number of aliphatic imine (C=N–C) groups is 1. The minimum absolute atomic E-state index is 0.0792. The summed E-state index contributed by atoms with van der Waals surface area (Å²) in [6, 6.07) is 7.80. The van der Waals surface area contributed by atoms with Crippen LogP contribution in [-0.4, -0.2) is 69.6 Å². The molecule has 0 radical (unpaired) electrons. The second-order valence-electron chi connectivity index (χ2n) is 11.6. The first-order valence-corrected chi connectivity index (χ1v) is 15.0. The van der Waals surface area contributed by atoms with Gasteiger partial charge in [-0.25, -0.2) is 0 Å². The number of hydrogen-bond acceptors (Lipinski definition) is 11. The molecule has 1 aromatic carbocycles. The maximum atomic E-state index is 13.3. The zero-order valence-corrected chi connectivity index (χ0v) is 27.4. The lowest BCUT2D eigenvalue weighted by Gasteiger charge is -2.24. The summed E-state index contributed by atoms with van der Waals surface area (Å²) in [5.41, 5.74) is 3.92. The second-order valence-corrected chi connectivity index (χ2v) is 11.6. The summed E-state index contributed by atoms with van der Waals surface area (Å²) in [5, 5.41) is 13.3. The van der Waals surface area contributed by atoms with Gasteiger partial charge in [-0.15, -0.1) is 0 Å². The Balaban J connectivity index is 1.60. The van der Waals surface area contributed by atoms with Gasteiger partial charge in [-0.1, -0.05) is 12.1 Å². The molecule has 0 amide bonds. The average molecular weight is 610 g/mol. The predicted molar refractivity (Wildman–Crippen MR) is 166 cm³/mol. The third-order valence-corrected chi connectivity index (χ3v) is 7.63. The van der Waals surface area contributed by atoms with E-state index in [-0.39, 0.29) is 28.8 Å². The van der Waals surface area contributed by atoms with E-state index in [0.29, 0.717) is 57.6 Å². The molecule has 0 saturated heterocycles. The molecule has 44 heavy (non-hydrogen) atoms. The van der Waals surface area contributed by atoms with Gasteiger partial charge >= 0.3 is 0 Å². The van der Waals surface area contributed by atoms with Crippen molar-refractivity contribution in [2.24, 2.45) is 4.99 Å². The van der Waals surface area contributed by atoms with Crippen LogP contribution in [0, 0.1) is 6.92 Å². The molecule has 0 bridgehead atoms. The largest absolute Gasteiger partial charge is 0.856 e. The van der Waals surface area contributed by atoms with Crippen LogP contribution in [0.5, 0.6) is 11.8 Å². The lowest BCUT2D eigenvalue weighted by Crippen LogP contribution is -2.32. The van der Waals surface area contributed by atoms with Gasteiger partial charge in [0.2, 0.25) is 17.7 Å². The van der Waals surface area contributed by atoms with Crippen LogP contribution >= 0.6 is 0 Å². The van der Waals surface area contributed by atoms with E-state index >= 15 is 0 Å². The number of ether oxygens (including phenoxy) is 5. The Morgan fingerprint density at radius 2 is 1.48 bits per heavy atom. The molecule has 2 aromatic heterocycles. The van der Waals surface area contributed by atoms with Crippen molar-refractivity contribution < 1.29 is 33.2 Å². The summed E-state index contributed by atoms with van der Waals surface area (Å²) in [5.74, 6) is 0.694. The van der Waals surface area contributed by atoms with Crippen LogP contribution in [-0.2, 0) is 31.8 Å². The van der Waals surface area contributed by atoms with Crippen molar-refractivity contribution in [3.63, 3.8) is 0 Å². The van der Waals surface area contributed by atoms with Crippen LogP contribution in [0.2, 0.25) is 0 Å². The molecule has 3 heterocycles. The number of fused-ring (bicyclic) bond motifs is 1. The van der Waals surface area contributed by atoms with Gasteiger partial charge in [0.25, 0.3) is 0 Å². The van der Waals surface area contributed by atoms with Crippen LogP contribution in [0.3, 0.4) is 0 Å². The summed E-state index contributed by atoms with van der Waals surface area (Å²) in [4.78, 5) is 15.2. The lowest BCUT2D eigenvalue weighted by atomic mass is 9.86. The highest BCUT2D eigenvalue weighted by atomic mass is 16.5. The van der Waals surface area contributed by atoms with E-state index < -0.39 is 11.5 Å². The standard InChI is InChI=1S/C33H46N4O7/c1-10-41-16-14-37(15-17-42-11-2)31-35-29(39-8)27(30(36-31)40-9)34-28(38)26-13-12-23(43-26)19-22-20-25-24(18-21(22)3)32(4,5)44-33(25,6)7/h12-13,18,20H,10-11,14-17,19H2,1-9H3,(H,34,38)/p-1. The van der Waals surface area contributed by atoms with E-state index in [9.17, 15) is 5.11 Å². The molecular weight excluding hydrogens is 564 g/mol. The molecule has 0 atom stereocenters. The van der Waals surface area contributed by atoms with Gasteiger partial charge in [0, 0.05) is 38.6 Å². The van der Waals surface area contributed by atoms with E-state index in [4.69, 9.17) is 28.1 Å². The highest BCUT2D eigenvalue weighted by Gasteiger charge is 2.43. The highest BCUT2D eigenvalue weighted by Crippen LogP contribution is 2.47. The summed E-state index contributed by atoms with van der Waals surface area (Å²) < 4.78 is 34.4. The van der Waals surface area contributed by atoms with Gasteiger partial charge in [-0.2, -0.15) is 9.97 Å². The van der Waals surface area contributed by atoms with Crippen molar-refractivity contribution in [2.45, 2.75) is 66.1 Å². The van der Waals surface area contributed by atoms with Gasteiger partial charge in [0.05, 0.1) is 38.6 Å². The molecule has 3 aromatic rings. The van der Waals surface area contributed by atoms with E-state index in [2.05, 4.69) is 61.7 Å². The van der Waals surface area contributed by atoms with Crippen molar-refractivity contribution in [2.75, 3.05) is 58.6 Å². The lowest BCUT2D eigenvalue weighted by molar-refractivity contribution is -0.214. The molecule has 0 N–H and O–H groups in total. The highest BCUT2D eigenvalue weighted by molar-refractivity contribution is 5.90. The summed E-state index contributed by atoms with van der Waals surface area (Å²) in [7, 11) is 2.91. The minimum atomic E-state index is -0.601. The van der Waals surface area contributed by atoms with Crippen molar-refractivity contribution in [3.05, 3.63) is 58.0 Å². The number of aryl methyl sites for hydroxylation is 1. The van der Waals surface area contributed by atoms with E-state index in [1.54, 1.807) is 12.1 Å². The van der Waals surface area contributed by atoms with E-state index in [1.807, 2.05) is 18.7 Å². The van der Waals surface area contributed by atoms with Gasteiger partial charge in [0.15, 0.2) is 5.69 Å². The number of rotatable bonds is 15. The smallest absolute Gasteiger partial charge is 0.248 e. The first-order valence-electron chi connectivity index (χ1n) is 15.0. The molecule has 1 aliphatic rings. The molecule has 0 aliphatic carbocycles. The fourth-order valence-electron chi connectivity index (χ4n) is 5.50. The van der Waals surface area contributed by atoms with Crippen LogP contribution in [0.15, 0.2) is 33.7 Å². The van der Waals surface area contributed by atoms with Crippen LogP contribution in [0.4, 0.5) is 11.6 Å². The fraction of sp³-hybridized carbons (Fsp3) is 0.545. The number of anilines is 1. The Hall–Kier alpha value is -3.67.